The predicted molar refractivity (Wildman–Crippen MR) is 200 cm³/mol. The molecule has 4 amide bonds. The molecule has 0 radical (unpaired) electrons. The number of amides is 4. The highest BCUT2D eigenvalue weighted by Gasteiger charge is 2.52. The van der Waals surface area contributed by atoms with Gasteiger partial charge in [-0.3, -0.25) is 9.59 Å². The van der Waals surface area contributed by atoms with E-state index in [1.807, 2.05) is 38.1 Å². The molecule has 0 aliphatic heterocycles. The molecule has 52 heavy (non-hydrogen) atoms. The Balaban J connectivity index is 1.31. The molecule has 0 spiro atoms. The van der Waals surface area contributed by atoms with Gasteiger partial charge in [0.15, 0.2) is 0 Å². The molecule has 0 saturated heterocycles. The molecule has 280 valence electrons. The number of methoxy groups -OCH3 is 2. The Bertz CT molecular complexity index is 1710. The van der Waals surface area contributed by atoms with Crippen molar-refractivity contribution in [1.29, 1.82) is 0 Å². The molecular formula is C39H50ClN5O7. The Morgan fingerprint density at radius 3 is 2.38 bits per heavy atom. The Morgan fingerprint density at radius 1 is 0.981 bits per heavy atom. The van der Waals surface area contributed by atoms with E-state index in [0.29, 0.717) is 46.2 Å². The van der Waals surface area contributed by atoms with Crippen molar-refractivity contribution in [2.75, 3.05) is 26.1 Å². The number of allylic oxidation sites excluding steroid dienone is 1. The minimum atomic E-state index is -0.887. The summed E-state index contributed by atoms with van der Waals surface area (Å²) in [7, 11) is 3.01. The van der Waals surface area contributed by atoms with Crippen LogP contribution in [0.25, 0.3) is 11.8 Å². The first-order valence-corrected chi connectivity index (χ1v) is 18.3. The van der Waals surface area contributed by atoms with Gasteiger partial charge in [0, 0.05) is 29.4 Å². The first-order valence-electron chi connectivity index (χ1n) is 17.9. The van der Waals surface area contributed by atoms with E-state index in [-0.39, 0.29) is 25.5 Å². The van der Waals surface area contributed by atoms with Crippen LogP contribution in [0.5, 0.6) is 5.75 Å². The summed E-state index contributed by atoms with van der Waals surface area (Å²) < 4.78 is 17.2. The highest BCUT2D eigenvalue weighted by Crippen LogP contribution is 2.62. The standard InChI is InChI=1S/C39H50ClN5O7/c1-21(2)34(41)38(48)45-30(6-5-15-43-39(42)49)37(47)44-27-11-7-22(8-12-27)20-52-35-24(10-14-31(46)50-3)9-13-28(33(35)40)36(51-4)32-26-17-23-16-25(19-26)29(32)18-23/h7-14,21,23,25-26,29-30,34H,5-6,15-20,41H2,1-4H3,(H,44,47)(H,45,48)(H3,42,43,49)/b14-10+,36-32+/t23?,25?,26?,29?,30-,34+/m1/s1. The molecule has 2 aromatic carbocycles. The molecule has 13 heteroatoms. The van der Waals surface area contributed by atoms with Gasteiger partial charge in [-0.1, -0.05) is 43.6 Å². The quantitative estimate of drug-likeness (QED) is 0.0658. The maximum Gasteiger partial charge on any atom is 0.330 e. The number of rotatable bonds is 16. The maximum absolute atomic E-state index is 13.3. The van der Waals surface area contributed by atoms with Gasteiger partial charge in [-0.2, -0.15) is 0 Å². The molecule has 4 saturated carbocycles. The van der Waals surface area contributed by atoms with Crippen LogP contribution in [0.2, 0.25) is 5.02 Å². The zero-order valence-corrected chi connectivity index (χ0v) is 31.0. The molecule has 7 N–H and O–H groups in total. The van der Waals surface area contributed by atoms with Gasteiger partial charge in [-0.25, -0.2) is 9.59 Å². The number of esters is 1. The van der Waals surface area contributed by atoms with E-state index in [0.717, 1.165) is 22.8 Å². The van der Waals surface area contributed by atoms with Gasteiger partial charge in [-0.15, -0.1) is 0 Å². The summed E-state index contributed by atoms with van der Waals surface area (Å²) in [5.41, 5.74) is 15.2. The van der Waals surface area contributed by atoms with E-state index in [1.54, 1.807) is 25.3 Å². The lowest BCUT2D eigenvalue weighted by Crippen LogP contribution is -2.51. The fourth-order valence-corrected chi connectivity index (χ4v) is 8.22. The van der Waals surface area contributed by atoms with Gasteiger partial charge in [0.05, 0.1) is 25.3 Å². The van der Waals surface area contributed by atoms with Gasteiger partial charge < -0.3 is 41.6 Å². The summed E-state index contributed by atoms with van der Waals surface area (Å²) >= 11 is 7.13. The van der Waals surface area contributed by atoms with Gasteiger partial charge in [-0.05, 0) is 104 Å². The van der Waals surface area contributed by atoms with Crippen molar-refractivity contribution >= 4 is 52.9 Å². The van der Waals surface area contributed by atoms with Crippen molar-refractivity contribution < 1.29 is 33.4 Å². The molecule has 12 nitrogen and oxygen atoms in total. The average Bonchev–Trinajstić information content (AvgIpc) is 3.54. The van der Waals surface area contributed by atoms with Crippen molar-refractivity contribution in [2.45, 2.75) is 71.1 Å². The molecule has 4 aliphatic carbocycles. The second kappa shape index (κ2) is 17.3. The van der Waals surface area contributed by atoms with E-state index in [2.05, 4.69) is 16.0 Å². The van der Waals surface area contributed by atoms with Crippen LogP contribution in [0.15, 0.2) is 48.0 Å². The van der Waals surface area contributed by atoms with Gasteiger partial charge in [0.25, 0.3) is 0 Å². The minimum absolute atomic E-state index is 0.121. The summed E-state index contributed by atoms with van der Waals surface area (Å²) in [6, 6.07) is 8.54. The van der Waals surface area contributed by atoms with Crippen molar-refractivity contribution in [2.24, 2.45) is 41.1 Å². The highest BCUT2D eigenvalue weighted by molar-refractivity contribution is 6.34. The molecule has 4 aliphatic rings. The molecule has 0 heterocycles. The first-order chi connectivity index (χ1) is 24.9. The lowest BCUT2D eigenvalue weighted by molar-refractivity contribution is -0.134. The number of carbonyl (C=O) groups excluding carboxylic acids is 4. The monoisotopic (exact) mass is 735 g/mol. The second-order valence-electron chi connectivity index (χ2n) is 14.3. The largest absolute Gasteiger partial charge is 0.496 e. The molecular weight excluding hydrogens is 686 g/mol. The highest BCUT2D eigenvalue weighted by atomic mass is 35.5. The van der Waals surface area contributed by atoms with E-state index >= 15 is 0 Å². The van der Waals surface area contributed by atoms with E-state index in [4.69, 9.17) is 37.3 Å². The van der Waals surface area contributed by atoms with Gasteiger partial charge in [0.1, 0.15) is 24.2 Å². The summed E-state index contributed by atoms with van der Waals surface area (Å²) in [6.45, 7) is 4.04. The third-order valence-corrected chi connectivity index (χ3v) is 10.9. The van der Waals surface area contributed by atoms with E-state index < -0.39 is 35.9 Å². The van der Waals surface area contributed by atoms with Crippen LogP contribution in [-0.2, 0) is 30.5 Å². The predicted octanol–water partition coefficient (Wildman–Crippen LogP) is 5.38. The molecule has 0 aromatic heterocycles. The lowest BCUT2D eigenvalue weighted by Gasteiger charge is -2.29. The van der Waals surface area contributed by atoms with Crippen LogP contribution >= 0.6 is 11.6 Å². The SMILES string of the molecule is COC(=O)/C=C/c1ccc(/C(OC)=C2/C3CC4CC(C3)C2C4)c(Cl)c1OCc1ccc(NC(=O)[C@@H](CCCNC(N)=O)NC(=O)[C@@H](N)C(C)C)cc1. The van der Waals surface area contributed by atoms with Crippen molar-refractivity contribution in [3.05, 3.63) is 69.8 Å². The van der Waals surface area contributed by atoms with Crippen LogP contribution in [0.3, 0.4) is 0 Å². The Morgan fingerprint density at radius 2 is 1.73 bits per heavy atom. The van der Waals surface area contributed by atoms with E-state index in [1.165, 1.54) is 44.4 Å². The number of halogens is 1. The summed E-state index contributed by atoms with van der Waals surface area (Å²) in [6.07, 6.45) is 8.49. The van der Waals surface area contributed by atoms with Crippen LogP contribution in [0.1, 0.15) is 69.1 Å². The maximum atomic E-state index is 13.3. The molecule has 4 unspecified atom stereocenters. The smallest absolute Gasteiger partial charge is 0.330 e. The topological polar surface area (TPSA) is 184 Å². The third kappa shape index (κ3) is 9.08. The number of anilines is 1. The van der Waals surface area contributed by atoms with Crippen LogP contribution in [0.4, 0.5) is 10.5 Å². The lowest BCUT2D eigenvalue weighted by atomic mass is 9.78. The number of benzene rings is 2. The van der Waals surface area contributed by atoms with Gasteiger partial charge >= 0.3 is 12.0 Å². The normalized spacial score (nSPS) is 22.2. The molecule has 4 bridgehead atoms. The molecule has 6 rings (SSSR count). The Hall–Kier alpha value is -4.55. The third-order valence-electron chi connectivity index (χ3n) is 10.5. The van der Waals surface area contributed by atoms with E-state index in [9.17, 15) is 19.2 Å². The summed E-state index contributed by atoms with van der Waals surface area (Å²) in [4.78, 5) is 49.0. The number of nitrogens with two attached hydrogens (primary N) is 2. The number of hydrogen-bond acceptors (Lipinski definition) is 8. The fraction of sp³-hybridized carbons (Fsp3) is 0.487. The summed E-state index contributed by atoms with van der Waals surface area (Å²) in [5, 5.41) is 8.48. The zero-order chi connectivity index (χ0) is 37.5. The number of carbonyl (C=O) groups is 4. The Labute approximate surface area is 310 Å². The minimum Gasteiger partial charge on any atom is -0.496 e. The van der Waals surface area contributed by atoms with Crippen molar-refractivity contribution in [1.82, 2.24) is 10.6 Å². The molecule has 2 aromatic rings. The average molecular weight is 736 g/mol. The number of primary amides is 1. The zero-order valence-electron chi connectivity index (χ0n) is 30.2. The number of hydrogen-bond donors (Lipinski definition) is 5. The van der Waals surface area contributed by atoms with Crippen molar-refractivity contribution in [3.8, 4) is 5.75 Å². The first kappa shape index (κ1) is 38.7. The Kier molecular flexibility index (Phi) is 12.9. The molecule has 4 fully saturated rings. The number of ether oxygens (including phenoxy) is 3. The second-order valence-corrected chi connectivity index (χ2v) is 14.7. The van der Waals surface area contributed by atoms with Crippen molar-refractivity contribution in [3.63, 3.8) is 0 Å². The number of nitrogens with one attached hydrogen (secondary N) is 3. The van der Waals surface area contributed by atoms with Crippen LogP contribution in [-0.4, -0.2) is 56.7 Å². The fourth-order valence-electron chi connectivity index (χ4n) is 7.91. The summed E-state index contributed by atoms with van der Waals surface area (Å²) in [5.74, 6) is 2.30. The van der Waals surface area contributed by atoms with Crippen LogP contribution in [0, 0.1) is 29.6 Å². The van der Waals surface area contributed by atoms with Crippen LogP contribution < -0.4 is 32.2 Å². The molecule has 6 atom stereocenters. The number of urea groups is 1. The van der Waals surface area contributed by atoms with Gasteiger partial charge in [0.2, 0.25) is 11.8 Å².